The molecule has 0 aromatic heterocycles. The van der Waals surface area contributed by atoms with Crippen molar-refractivity contribution in [2.24, 2.45) is 0 Å². The summed E-state index contributed by atoms with van der Waals surface area (Å²) in [5.41, 5.74) is 0.699. The molecule has 0 unspecified atom stereocenters. The molecule has 6 heteroatoms. The Labute approximate surface area is 112 Å². The van der Waals surface area contributed by atoms with E-state index in [-0.39, 0.29) is 24.9 Å². The maximum Gasteiger partial charge on any atom is 0.246 e. The van der Waals surface area contributed by atoms with Crippen LogP contribution < -0.4 is 20.1 Å². The normalized spacial score (nSPS) is 14.8. The third kappa shape index (κ3) is 3.27. The number of halogens is 1. The molecule has 1 aliphatic heterocycles. The van der Waals surface area contributed by atoms with Gasteiger partial charge >= 0.3 is 0 Å². The molecule has 0 bridgehead atoms. The fourth-order valence-electron chi connectivity index (χ4n) is 1.67. The minimum atomic E-state index is -0.643. The van der Waals surface area contributed by atoms with Crippen molar-refractivity contribution in [2.45, 2.75) is 19.6 Å². The van der Waals surface area contributed by atoms with Gasteiger partial charge in [0.1, 0.15) is 0 Å². The average Bonchev–Trinajstić information content (AvgIpc) is 2.51. The summed E-state index contributed by atoms with van der Waals surface area (Å²) in [6.07, 6.45) is 0. The fraction of sp³-hybridized carbons (Fsp3) is 0.417. The van der Waals surface area contributed by atoms with Crippen LogP contribution in [-0.4, -0.2) is 25.3 Å². The molecule has 0 aliphatic carbocycles. The van der Waals surface area contributed by atoms with Crippen molar-refractivity contribution >= 4 is 24.0 Å². The van der Waals surface area contributed by atoms with E-state index < -0.39 is 5.79 Å². The summed E-state index contributed by atoms with van der Waals surface area (Å²) in [6, 6.07) is 5.34. The number of hydrogen-bond donors (Lipinski definition) is 2. The molecule has 5 nitrogen and oxygen atoms in total. The first kappa shape index (κ1) is 14.6. The third-order valence-corrected chi connectivity index (χ3v) is 2.28. The lowest BCUT2D eigenvalue weighted by Gasteiger charge is -2.16. The molecule has 2 rings (SSSR count). The van der Waals surface area contributed by atoms with E-state index in [1.807, 2.05) is 13.8 Å². The van der Waals surface area contributed by atoms with Gasteiger partial charge in [-0.3, -0.25) is 4.79 Å². The number of fused-ring (bicyclic) bond motifs is 1. The van der Waals surface area contributed by atoms with E-state index in [0.717, 1.165) is 0 Å². The second-order valence-corrected chi connectivity index (χ2v) is 4.34. The van der Waals surface area contributed by atoms with Gasteiger partial charge in [0, 0.05) is 25.6 Å². The molecule has 1 aliphatic rings. The number of amides is 1. The molecule has 0 saturated carbocycles. The summed E-state index contributed by atoms with van der Waals surface area (Å²) < 4.78 is 11.1. The Bertz CT molecular complexity index is 449. The summed E-state index contributed by atoms with van der Waals surface area (Å²) in [5.74, 6) is 0.611. The molecule has 0 radical (unpaired) electrons. The maximum atomic E-state index is 11.4. The number of ether oxygens (including phenoxy) is 2. The molecular weight excluding hydrogens is 256 g/mol. The van der Waals surface area contributed by atoms with E-state index in [2.05, 4.69) is 10.6 Å². The molecule has 1 amide bonds. The van der Waals surface area contributed by atoms with Gasteiger partial charge in [-0.2, -0.15) is 0 Å². The minimum absolute atomic E-state index is 0. The Morgan fingerprint density at radius 2 is 1.94 bits per heavy atom. The first-order valence-corrected chi connectivity index (χ1v) is 5.47. The van der Waals surface area contributed by atoms with E-state index in [4.69, 9.17) is 9.47 Å². The zero-order valence-electron chi connectivity index (χ0n) is 10.6. The van der Waals surface area contributed by atoms with Gasteiger partial charge in [-0.15, -0.1) is 12.4 Å². The molecule has 100 valence electrons. The number of carbonyl (C=O) groups is 1. The molecule has 0 spiro atoms. The van der Waals surface area contributed by atoms with Crippen LogP contribution in [0.25, 0.3) is 0 Å². The van der Waals surface area contributed by atoms with Gasteiger partial charge in [0.2, 0.25) is 11.7 Å². The predicted octanol–water partition coefficient (Wildman–Crippen LogP) is 1.77. The van der Waals surface area contributed by atoms with Crippen molar-refractivity contribution in [3.05, 3.63) is 18.2 Å². The Balaban J connectivity index is 0.00000162. The van der Waals surface area contributed by atoms with Crippen LogP contribution in [0.1, 0.15) is 13.8 Å². The quantitative estimate of drug-likeness (QED) is 0.881. The fourth-order valence-corrected chi connectivity index (χ4v) is 1.67. The molecule has 18 heavy (non-hydrogen) atoms. The molecule has 1 heterocycles. The predicted molar refractivity (Wildman–Crippen MR) is 71.6 cm³/mol. The first-order chi connectivity index (χ1) is 8.00. The van der Waals surface area contributed by atoms with Crippen LogP contribution in [0.5, 0.6) is 11.5 Å². The number of carbonyl (C=O) groups excluding carboxylic acids is 1. The maximum absolute atomic E-state index is 11.4. The highest BCUT2D eigenvalue weighted by atomic mass is 35.5. The monoisotopic (exact) mass is 272 g/mol. The van der Waals surface area contributed by atoms with Crippen molar-refractivity contribution < 1.29 is 14.3 Å². The van der Waals surface area contributed by atoms with Crippen LogP contribution >= 0.6 is 12.4 Å². The van der Waals surface area contributed by atoms with Crippen LogP contribution in [-0.2, 0) is 4.79 Å². The van der Waals surface area contributed by atoms with Gasteiger partial charge in [0.25, 0.3) is 0 Å². The largest absolute Gasteiger partial charge is 0.449 e. The zero-order chi connectivity index (χ0) is 12.5. The summed E-state index contributed by atoms with van der Waals surface area (Å²) in [6.45, 7) is 3.96. The smallest absolute Gasteiger partial charge is 0.246 e. The van der Waals surface area contributed by atoms with Crippen molar-refractivity contribution in [1.82, 2.24) is 5.32 Å². The standard InChI is InChI=1S/C12H16N2O3.ClH/c1-12(2)16-9-5-4-8(6-10(9)17-12)14-11(15)7-13-3;/h4-6,13H,7H2,1-3H3,(H,14,15);1H. The highest BCUT2D eigenvalue weighted by Crippen LogP contribution is 2.40. The van der Waals surface area contributed by atoms with E-state index in [1.165, 1.54) is 0 Å². The second-order valence-electron chi connectivity index (χ2n) is 4.34. The Morgan fingerprint density at radius 3 is 2.61 bits per heavy atom. The molecule has 0 atom stereocenters. The average molecular weight is 273 g/mol. The number of likely N-dealkylation sites (N-methyl/N-ethyl adjacent to an activating group) is 1. The SMILES string of the molecule is CNCC(=O)Nc1ccc2c(c1)OC(C)(C)O2.Cl. The van der Waals surface area contributed by atoms with E-state index in [0.29, 0.717) is 17.2 Å². The number of rotatable bonds is 3. The van der Waals surface area contributed by atoms with Gasteiger partial charge in [-0.05, 0) is 19.2 Å². The number of anilines is 1. The van der Waals surface area contributed by atoms with Crippen molar-refractivity contribution in [3.8, 4) is 11.5 Å². The lowest BCUT2D eigenvalue weighted by molar-refractivity contribution is -0.115. The van der Waals surface area contributed by atoms with Crippen LogP contribution in [0.2, 0.25) is 0 Å². The van der Waals surface area contributed by atoms with Crippen LogP contribution in [0.3, 0.4) is 0 Å². The molecule has 1 aromatic carbocycles. The Hall–Kier alpha value is -1.46. The number of nitrogens with one attached hydrogen (secondary N) is 2. The Morgan fingerprint density at radius 1 is 1.28 bits per heavy atom. The van der Waals surface area contributed by atoms with Gasteiger partial charge < -0.3 is 20.1 Å². The highest BCUT2D eigenvalue weighted by molar-refractivity contribution is 5.92. The van der Waals surface area contributed by atoms with Crippen molar-refractivity contribution in [3.63, 3.8) is 0 Å². The van der Waals surface area contributed by atoms with Gasteiger partial charge in [-0.25, -0.2) is 0 Å². The van der Waals surface area contributed by atoms with E-state index in [9.17, 15) is 4.79 Å². The highest BCUT2D eigenvalue weighted by Gasteiger charge is 2.31. The topological polar surface area (TPSA) is 59.6 Å². The third-order valence-electron chi connectivity index (χ3n) is 2.28. The van der Waals surface area contributed by atoms with Crippen LogP contribution in [0.4, 0.5) is 5.69 Å². The summed E-state index contributed by atoms with van der Waals surface area (Å²) >= 11 is 0. The van der Waals surface area contributed by atoms with E-state index >= 15 is 0 Å². The van der Waals surface area contributed by atoms with Crippen LogP contribution in [0.15, 0.2) is 18.2 Å². The summed E-state index contributed by atoms with van der Waals surface area (Å²) in [7, 11) is 1.72. The molecule has 0 fully saturated rings. The first-order valence-electron chi connectivity index (χ1n) is 5.47. The molecule has 1 aromatic rings. The number of benzene rings is 1. The Kier molecular flexibility index (Phi) is 4.43. The minimum Gasteiger partial charge on any atom is -0.449 e. The molecular formula is C12H17ClN2O3. The van der Waals surface area contributed by atoms with E-state index in [1.54, 1.807) is 25.2 Å². The van der Waals surface area contributed by atoms with Crippen molar-refractivity contribution in [1.29, 1.82) is 0 Å². The molecule has 2 N–H and O–H groups in total. The van der Waals surface area contributed by atoms with Gasteiger partial charge in [-0.1, -0.05) is 0 Å². The molecule has 0 saturated heterocycles. The lowest BCUT2D eigenvalue weighted by atomic mass is 10.3. The zero-order valence-corrected chi connectivity index (χ0v) is 11.4. The lowest BCUT2D eigenvalue weighted by Crippen LogP contribution is -2.29. The van der Waals surface area contributed by atoms with Gasteiger partial charge in [0.05, 0.1) is 6.54 Å². The second kappa shape index (κ2) is 5.46. The summed E-state index contributed by atoms with van der Waals surface area (Å²) in [4.78, 5) is 11.4. The summed E-state index contributed by atoms with van der Waals surface area (Å²) in [5, 5.41) is 5.55. The van der Waals surface area contributed by atoms with Crippen LogP contribution in [0, 0.1) is 0 Å². The number of hydrogen-bond acceptors (Lipinski definition) is 4. The van der Waals surface area contributed by atoms with Gasteiger partial charge in [0.15, 0.2) is 11.5 Å². The van der Waals surface area contributed by atoms with Crippen molar-refractivity contribution in [2.75, 3.05) is 18.9 Å².